The number of piperidine rings is 1. The molecule has 0 aromatic heterocycles. The number of benzene rings is 4. The van der Waals surface area contributed by atoms with E-state index in [0.29, 0.717) is 13.2 Å². The zero-order valence-corrected chi connectivity index (χ0v) is 20.0. The van der Waals surface area contributed by atoms with Crippen LogP contribution in [0.4, 0.5) is 4.39 Å². The summed E-state index contributed by atoms with van der Waals surface area (Å²) in [5.74, 6) is -0.141. The Morgan fingerprint density at radius 3 is 1.60 bits per heavy atom. The van der Waals surface area contributed by atoms with Crippen LogP contribution in [-0.4, -0.2) is 30.8 Å². The molecule has 0 N–H and O–H groups in total. The summed E-state index contributed by atoms with van der Waals surface area (Å²) in [5, 5.41) is 0. The predicted octanol–water partition coefficient (Wildman–Crippen LogP) is 6.86. The molecule has 4 aromatic carbocycles. The molecule has 0 saturated carbocycles. The third kappa shape index (κ3) is 5.22. The van der Waals surface area contributed by atoms with E-state index in [4.69, 9.17) is 4.74 Å². The van der Waals surface area contributed by atoms with E-state index < -0.39 is 11.8 Å². The van der Waals surface area contributed by atoms with Gasteiger partial charge in [0.25, 0.3) is 0 Å². The van der Waals surface area contributed by atoms with E-state index in [1.165, 1.54) is 5.56 Å². The van der Waals surface area contributed by atoms with Crippen molar-refractivity contribution in [2.24, 2.45) is 5.92 Å². The van der Waals surface area contributed by atoms with E-state index >= 15 is 4.39 Å². The zero-order chi connectivity index (χ0) is 23.9. The van der Waals surface area contributed by atoms with Gasteiger partial charge in [-0.1, -0.05) is 121 Å². The molecule has 178 valence electrons. The summed E-state index contributed by atoms with van der Waals surface area (Å²) in [4.78, 5) is 2.22. The van der Waals surface area contributed by atoms with Crippen molar-refractivity contribution in [3.05, 3.63) is 144 Å². The Bertz CT molecular complexity index is 1070. The fourth-order valence-electron chi connectivity index (χ4n) is 5.19. The third-order valence-corrected chi connectivity index (χ3v) is 7.06. The highest BCUT2D eigenvalue weighted by Gasteiger charge is 2.39. The molecule has 2 atom stereocenters. The Kier molecular flexibility index (Phi) is 7.37. The second-order valence-corrected chi connectivity index (χ2v) is 9.38. The molecular formula is C32H32FNO. The molecule has 1 heterocycles. The van der Waals surface area contributed by atoms with Gasteiger partial charge in [-0.3, -0.25) is 4.90 Å². The van der Waals surface area contributed by atoms with Gasteiger partial charge in [-0.15, -0.1) is 0 Å². The van der Waals surface area contributed by atoms with Gasteiger partial charge in [0.05, 0.1) is 6.61 Å². The number of likely N-dealkylation sites (tertiary alicyclic amines) is 1. The van der Waals surface area contributed by atoms with Crippen molar-refractivity contribution in [3.63, 3.8) is 0 Å². The third-order valence-electron chi connectivity index (χ3n) is 7.06. The van der Waals surface area contributed by atoms with Gasteiger partial charge in [0.1, 0.15) is 11.8 Å². The smallest absolute Gasteiger partial charge is 0.143 e. The molecule has 35 heavy (non-hydrogen) atoms. The summed E-state index contributed by atoms with van der Waals surface area (Å²) in [6.45, 7) is 2.46. The van der Waals surface area contributed by atoms with Crippen molar-refractivity contribution >= 4 is 0 Å². The number of nitrogens with zero attached hydrogens (tertiary/aromatic N) is 1. The molecule has 0 unspecified atom stereocenters. The lowest BCUT2D eigenvalue weighted by atomic mass is 9.80. The monoisotopic (exact) mass is 464 g/mol. The molecule has 1 saturated heterocycles. The SMILES string of the molecule is [18F][C@@H]1CN(Cc2ccccc2)CC[C@@H]1COC(c1ccccc1)(c1ccccc1)c1ccccc1. The van der Waals surface area contributed by atoms with Crippen LogP contribution in [0, 0.1) is 5.92 Å². The van der Waals surface area contributed by atoms with Gasteiger partial charge in [-0.05, 0) is 35.2 Å². The maximum Gasteiger partial charge on any atom is 0.143 e. The first-order chi connectivity index (χ1) is 17.3. The fourth-order valence-corrected chi connectivity index (χ4v) is 5.19. The van der Waals surface area contributed by atoms with Crippen molar-refractivity contribution in [1.82, 2.24) is 4.90 Å². The maximum atomic E-state index is 15.5. The zero-order valence-electron chi connectivity index (χ0n) is 20.0. The highest BCUT2D eigenvalue weighted by molar-refractivity contribution is 5.47. The van der Waals surface area contributed by atoms with Crippen LogP contribution >= 0.6 is 0 Å². The quantitative estimate of drug-likeness (QED) is 0.264. The molecular weight excluding hydrogens is 432 g/mol. The highest BCUT2D eigenvalue weighted by Crippen LogP contribution is 2.41. The number of hydrogen-bond donors (Lipinski definition) is 0. The Morgan fingerprint density at radius 2 is 1.14 bits per heavy atom. The summed E-state index contributed by atoms with van der Waals surface area (Å²) in [6, 6.07) is 41.3. The molecule has 4 aromatic rings. The summed E-state index contributed by atoms with van der Waals surface area (Å²) in [7, 11) is 0. The number of alkyl halides is 1. The fraction of sp³-hybridized carbons (Fsp3) is 0.250. The molecule has 0 aliphatic carbocycles. The lowest BCUT2D eigenvalue weighted by molar-refractivity contribution is -0.0433. The minimum Gasteiger partial charge on any atom is -0.360 e. The van der Waals surface area contributed by atoms with Gasteiger partial charge >= 0.3 is 0 Å². The molecule has 1 aliphatic rings. The molecule has 0 spiro atoms. The minimum absolute atomic E-state index is 0.141. The lowest BCUT2D eigenvalue weighted by Crippen LogP contribution is -2.44. The van der Waals surface area contributed by atoms with Crippen LogP contribution in [-0.2, 0) is 16.9 Å². The number of rotatable bonds is 8. The largest absolute Gasteiger partial charge is 0.360 e. The second-order valence-electron chi connectivity index (χ2n) is 9.38. The number of hydrogen-bond acceptors (Lipinski definition) is 2. The van der Waals surface area contributed by atoms with Gasteiger partial charge in [0.2, 0.25) is 0 Å². The topological polar surface area (TPSA) is 12.5 Å². The molecule has 2 nitrogen and oxygen atoms in total. The molecule has 0 bridgehead atoms. The minimum atomic E-state index is -0.924. The standard InChI is InChI=1S/C32H32FNO/c33-31-24-34(23-26-13-5-1-6-14-26)22-21-27(31)25-35-32(28-15-7-2-8-16-28,29-17-9-3-10-18-29)30-19-11-4-12-20-30/h1-20,27,31H,21-25H2/t27-,31-/m1/s1/i33-1. The molecule has 1 aliphatic heterocycles. The van der Waals surface area contributed by atoms with Crippen molar-refractivity contribution in [2.45, 2.75) is 24.7 Å². The first kappa shape index (κ1) is 23.5. The number of halogens is 1. The Morgan fingerprint density at radius 1 is 0.686 bits per heavy atom. The van der Waals surface area contributed by atoms with Crippen LogP contribution in [0.1, 0.15) is 28.7 Å². The van der Waals surface area contributed by atoms with Crippen molar-refractivity contribution < 1.29 is 9.13 Å². The summed E-state index contributed by atoms with van der Waals surface area (Å²) >= 11 is 0. The van der Waals surface area contributed by atoms with Gasteiger partial charge in [-0.2, -0.15) is 0 Å². The molecule has 5 rings (SSSR count). The van der Waals surface area contributed by atoms with Crippen LogP contribution in [0.5, 0.6) is 0 Å². The van der Waals surface area contributed by atoms with Gasteiger partial charge in [0.15, 0.2) is 0 Å². The van der Waals surface area contributed by atoms with Gasteiger partial charge in [0, 0.05) is 19.0 Å². The van der Waals surface area contributed by atoms with Crippen molar-refractivity contribution in [3.8, 4) is 0 Å². The highest BCUT2D eigenvalue weighted by atomic mass is 18.2. The van der Waals surface area contributed by atoms with Crippen LogP contribution in [0.15, 0.2) is 121 Å². The van der Waals surface area contributed by atoms with Crippen LogP contribution in [0.25, 0.3) is 0 Å². The first-order valence-corrected chi connectivity index (χ1v) is 12.5. The van der Waals surface area contributed by atoms with Crippen molar-refractivity contribution in [2.75, 3.05) is 19.7 Å². The van der Waals surface area contributed by atoms with E-state index in [9.17, 15) is 0 Å². The second kappa shape index (κ2) is 11.0. The summed E-state index contributed by atoms with van der Waals surface area (Å²) in [5.41, 5.74) is 3.58. The van der Waals surface area contributed by atoms with Crippen LogP contribution < -0.4 is 0 Å². The molecule has 1 fully saturated rings. The average molecular weight is 465 g/mol. The predicted molar refractivity (Wildman–Crippen MR) is 140 cm³/mol. The maximum absolute atomic E-state index is 15.5. The number of ether oxygens (including phenoxy) is 1. The Balaban J connectivity index is 1.40. The van der Waals surface area contributed by atoms with E-state index in [1.807, 2.05) is 72.8 Å². The Hall–Kier alpha value is -3.27. The average Bonchev–Trinajstić information content (AvgIpc) is 2.92. The molecule has 3 heteroatoms. The van der Waals surface area contributed by atoms with Gasteiger partial charge < -0.3 is 4.74 Å². The normalized spacial score (nSPS) is 18.9. The van der Waals surface area contributed by atoms with E-state index in [0.717, 1.165) is 36.2 Å². The van der Waals surface area contributed by atoms with E-state index in [1.54, 1.807) is 0 Å². The first-order valence-electron chi connectivity index (χ1n) is 12.5. The van der Waals surface area contributed by atoms with E-state index in [-0.39, 0.29) is 5.92 Å². The van der Waals surface area contributed by atoms with Crippen LogP contribution in [0.2, 0.25) is 0 Å². The lowest BCUT2D eigenvalue weighted by Gasteiger charge is -2.39. The summed E-state index contributed by atoms with van der Waals surface area (Å²) in [6.07, 6.45) is -0.143. The van der Waals surface area contributed by atoms with Gasteiger partial charge in [-0.25, -0.2) is 4.39 Å². The van der Waals surface area contributed by atoms with Crippen molar-refractivity contribution in [1.29, 1.82) is 0 Å². The molecule has 0 amide bonds. The molecule has 0 radical (unpaired) electrons. The summed E-state index contributed by atoms with van der Waals surface area (Å²) < 4.78 is 22.4. The van der Waals surface area contributed by atoms with Crippen LogP contribution in [0.3, 0.4) is 0 Å². The Labute approximate surface area is 208 Å². The van der Waals surface area contributed by atoms with E-state index in [2.05, 4.69) is 53.4 Å².